The lowest BCUT2D eigenvalue weighted by Crippen LogP contribution is -2.36. The van der Waals surface area contributed by atoms with E-state index < -0.39 is 17.9 Å². The third-order valence-electron chi connectivity index (χ3n) is 2.08. The predicted octanol–water partition coefficient (Wildman–Crippen LogP) is 1.87. The maximum absolute atomic E-state index is 12.9. The van der Waals surface area contributed by atoms with Crippen LogP contribution in [0, 0.1) is 11.6 Å². The molecule has 0 fully saturated rings. The minimum Gasteiger partial charge on any atom is -0.357 e. The third-order valence-corrected chi connectivity index (χ3v) is 2.32. The van der Waals surface area contributed by atoms with Crippen LogP contribution in [-0.4, -0.2) is 32.2 Å². The molecule has 0 bridgehead atoms. The first kappa shape index (κ1) is 14.7. The monoisotopic (exact) mass is 276 g/mol. The summed E-state index contributed by atoms with van der Waals surface area (Å²) >= 11 is 4.96. The quantitative estimate of drug-likeness (QED) is 0.635. The second kappa shape index (κ2) is 7.20. The fourth-order valence-electron chi connectivity index (χ4n) is 1.24. The summed E-state index contributed by atoms with van der Waals surface area (Å²) in [5.41, 5.74) is 0.233. The summed E-state index contributed by atoms with van der Waals surface area (Å²) < 4.78 is 35.7. The van der Waals surface area contributed by atoms with Gasteiger partial charge in [0.2, 0.25) is 0 Å². The molecule has 0 saturated heterocycles. The fourth-order valence-corrected chi connectivity index (χ4v) is 1.44. The Balaban J connectivity index is 2.49. The Morgan fingerprint density at radius 3 is 2.28 bits per heavy atom. The Morgan fingerprint density at radius 2 is 1.78 bits per heavy atom. The number of hydrogen-bond donors (Lipinski definition) is 2. The van der Waals surface area contributed by atoms with Crippen molar-refractivity contribution < 1.29 is 18.3 Å². The Hall–Kier alpha value is -1.31. The molecule has 0 aliphatic carbocycles. The zero-order valence-electron chi connectivity index (χ0n) is 10.00. The highest BCUT2D eigenvalue weighted by Gasteiger charge is 2.06. The van der Waals surface area contributed by atoms with Crippen LogP contribution in [0.3, 0.4) is 0 Å². The summed E-state index contributed by atoms with van der Waals surface area (Å²) in [5.74, 6) is -1.35. The molecule has 0 atom stereocenters. The van der Waals surface area contributed by atoms with Crippen LogP contribution in [0.2, 0.25) is 0 Å². The van der Waals surface area contributed by atoms with E-state index in [-0.39, 0.29) is 10.8 Å². The second-order valence-corrected chi connectivity index (χ2v) is 3.80. The summed E-state index contributed by atoms with van der Waals surface area (Å²) in [6.45, 7) is 0.316. The molecule has 0 saturated carbocycles. The summed E-state index contributed by atoms with van der Waals surface area (Å²) in [7, 11) is 2.99. The Kier molecular flexibility index (Phi) is 5.90. The molecule has 2 N–H and O–H groups in total. The van der Waals surface area contributed by atoms with E-state index in [4.69, 9.17) is 21.7 Å². The van der Waals surface area contributed by atoms with Gasteiger partial charge in [0.15, 0.2) is 11.4 Å². The van der Waals surface area contributed by atoms with Gasteiger partial charge in [-0.2, -0.15) is 0 Å². The number of thiocarbonyl (C=S) groups is 1. The lowest BCUT2D eigenvalue weighted by Gasteiger charge is -2.16. The minimum atomic E-state index is -0.674. The molecular weight excluding hydrogens is 262 g/mol. The molecule has 100 valence electrons. The smallest absolute Gasteiger partial charge is 0.174 e. The highest BCUT2D eigenvalue weighted by Crippen LogP contribution is 2.12. The lowest BCUT2D eigenvalue weighted by molar-refractivity contribution is -0.0964. The molecule has 0 amide bonds. The average Bonchev–Trinajstić information content (AvgIpc) is 2.28. The van der Waals surface area contributed by atoms with E-state index in [0.717, 1.165) is 18.2 Å². The van der Waals surface area contributed by atoms with Crippen molar-refractivity contribution in [2.75, 3.05) is 26.1 Å². The van der Waals surface area contributed by atoms with Gasteiger partial charge in [-0.3, -0.25) is 0 Å². The summed E-state index contributed by atoms with van der Waals surface area (Å²) in [6.07, 6.45) is -0.450. The van der Waals surface area contributed by atoms with E-state index >= 15 is 0 Å². The molecule has 0 aliphatic rings. The van der Waals surface area contributed by atoms with Crippen molar-refractivity contribution in [3.05, 3.63) is 29.8 Å². The van der Waals surface area contributed by atoms with Crippen molar-refractivity contribution in [3.63, 3.8) is 0 Å². The summed E-state index contributed by atoms with van der Waals surface area (Å²) in [4.78, 5) is 0. The van der Waals surface area contributed by atoms with Gasteiger partial charge in [0.05, 0.1) is 6.54 Å². The Labute approximate surface area is 109 Å². The predicted molar refractivity (Wildman–Crippen MR) is 68.4 cm³/mol. The third kappa shape index (κ3) is 4.91. The van der Waals surface area contributed by atoms with Gasteiger partial charge in [-0.15, -0.1) is 0 Å². The average molecular weight is 276 g/mol. The van der Waals surface area contributed by atoms with Gasteiger partial charge >= 0.3 is 0 Å². The molecule has 1 aromatic carbocycles. The number of hydrogen-bond acceptors (Lipinski definition) is 3. The van der Waals surface area contributed by atoms with E-state index in [1.165, 1.54) is 14.2 Å². The first-order valence-corrected chi connectivity index (χ1v) is 5.52. The van der Waals surface area contributed by atoms with E-state index in [2.05, 4.69) is 10.6 Å². The van der Waals surface area contributed by atoms with Crippen molar-refractivity contribution in [2.45, 2.75) is 6.29 Å². The van der Waals surface area contributed by atoms with Crippen LogP contribution in [-0.2, 0) is 9.47 Å². The molecule has 0 heterocycles. The normalized spacial score (nSPS) is 10.5. The molecular formula is C11H14F2N2O2S. The van der Waals surface area contributed by atoms with Crippen LogP contribution in [0.5, 0.6) is 0 Å². The van der Waals surface area contributed by atoms with Crippen molar-refractivity contribution >= 4 is 23.0 Å². The number of rotatable bonds is 5. The van der Waals surface area contributed by atoms with E-state index in [1.807, 2.05) is 0 Å². The van der Waals surface area contributed by atoms with E-state index in [9.17, 15) is 8.78 Å². The molecule has 18 heavy (non-hydrogen) atoms. The van der Waals surface area contributed by atoms with Crippen molar-refractivity contribution in [1.82, 2.24) is 5.32 Å². The number of benzene rings is 1. The van der Waals surface area contributed by atoms with Crippen LogP contribution < -0.4 is 10.6 Å². The van der Waals surface area contributed by atoms with Gasteiger partial charge in [-0.25, -0.2) is 8.78 Å². The molecule has 0 aliphatic heterocycles. The maximum atomic E-state index is 12.9. The number of methoxy groups -OCH3 is 2. The fraction of sp³-hybridized carbons (Fsp3) is 0.364. The number of nitrogens with one attached hydrogen (secondary N) is 2. The summed E-state index contributed by atoms with van der Waals surface area (Å²) in [6, 6.07) is 3.07. The maximum Gasteiger partial charge on any atom is 0.174 e. The van der Waals surface area contributed by atoms with Crippen LogP contribution >= 0.6 is 12.2 Å². The molecule has 0 unspecified atom stereocenters. The molecule has 0 aromatic heterocycles. The standard InChI is InChI=1S/C11H14F2N2O2S/c1-16-10(17-2)6-14-11(18)15-9-4-7(12)3-8(13)5-9/h3-5,10H,6H2,1-2H3,(H2,14,15,18). The number of halogens is 2. The zero-order valence-corrected chi connectivity index (χ0v) is 10.8. The van der Waals surface area contributed by atoms with Crippen LogP contribution in [0.4, 0.5) is 14.5 Å². The van der Waals surface area contributed by atoms with Crippen LogP contribution in [0.15, 0.2) is 18.2 Å². The molecule has 7 heteroatoms. The van der Waals surface area contributed by atoms with Crippen molar-refractivity contribution in [1.29, 1.82) is 0 Å². The first-order chi connectivity index (χ1) is 8.55. The van der Waals surface area contributed by atoms with Gasteiger partial charge in [0.25, 0.3) is 0 Å². The van der Waals surface area contributed by atoms with E-state index in [0.29, 0.717) is 6.54 Å². The van der Waals surface area contributed by atoms with Gasteiger partial charge in [0, 0.05) is 26.0 Å². The zero-order chi connectivity index (χ0) is 13.5. The van der Waals surface area contributed by atoms with Crippen molar-refractivity contribution in [3.8, 4) is 0 Å². The molecule has 1 rings (SSSR count). The SMILES string of the molecule is COC(CNC(=S)Nc1cc(F)cc(F)c1)OC. The molecule has 1 aromatic rings. The van der Waals surface area contributed by atoms with Crippen LogP contribution in [0.25, 0.3) is 0 Å². The number of anilines is 1. The summed E-state index contributed by atoms with van der Waals surface area (Å²) in [5, 5.41) is 5.68. The molecule has 4 nitrogen and oxygen atoms in total. The highest BCUT2D eigenvalue weighted by atomic mass is 32.1. The minimum absolute atomic E-state index is 0.221. The Morgan fingerprint density at radius 1 is 1.22 bits per heavy atom. The largest absolute Gasteiger partial charge is 0.357 e. The van der Waals surface area contributed by atoms with E-state index in [1.54, 1.807) is 0 Å². The second-order valence-electron chi connectivity index (χ2n) is 3.39. The van der Waals surface area contributed by atoms with Gasteiger partial charge < -0.3 is 20.1 Å². The topological polar surface area (TPSA) is 42.5 Å². The van der Waals surface area contributed by atoms with Crippen molar-refractivity contribution in [2.24, 2.45) is 0 Å². The number of ether oxygens (including phenoxy) is 2. The Bertz CT molecular complexity index is 394. The highest BCUT2D eigenvalue weighted by molar-refractivity contribution is 7.80. The molecule has 0 spiro atoms. The van der Waals surface area contributed by atoms with Gasteiger partial charge in [-0.1, -0.05) is 0 Å². The molecule has 0 radical (unpaired) electrons. The van der Waals surface area contributed by atoms with Gasteiger partial charge in [-0.05, 0) is 24.4 Å². The first-order valence-electron chi connectivity index (χ1n) is 5.11. The lowest BCUT2D eigenvalue weighted by atomic mass is 10.3. The van der Waals surface area contributed by atoms with Crippen LogP contribution in [0.1, 0.15) is 0 Å². The van der Waals surface area contributed by atoms with Gasteiger partial charge in [0.1, 0.15) is 11.6 Å².